The van der Waals surface area contributed by atoms with E-state index in [4.69, 9.17) is 16.2 Å². The van der Waals surface area contributed by atoms with Gasteiger partial charge in [0.15, 0.2) is 5.65 Å². The summed E-state index contributed by atoms with van der Waals surface area (Å²) in [5, 5.41) is 4.18. The van der Waals surface area contributed by atoms with Gasteiger partial charge in [0.2, 0.25) is 5.95 Å². The number of nitrogens with zero attached hydrogens (tertiary/aromatic N) is 5. The van der Waals surface area contributed by atoms with Gasteiger partial charge in [0.05, 0.1) is 6.10 Å². The van der Waals surface area contributed by atoms with Crippen molar-refractivity contribution in [2.24, 2.45) is 11.7 Å². The number of ether oxygens (including phenoxy) is 1. The molecule has 3 atom stereocenters. The van der Waals surface area contributed by atoms with Crippen LogP contribution in [0.4, 0.5) is 5.95 Å². The maximum atomic E-state index is 6.86. The third-order valence-electron chi connectivity index (χ3n) is 6.93. The Morgan fingerprint density at radius 2 is 2.15 bits per heavy atom. The van der Waals surface area contributed by atoms with Crippen molar-refractivity contribution in [3.63, 3.8) is 0 Å². The van der Waals surface area contributed by atoms with E-state index in [1.165, 1.54) is 18.4 Å². The van der Waals surface area contributed by atoms with Gasteiger partial charge in [-0.3, -0.25) is 10.6 Å². The van der Waals surface area contributed by atoms with Crippen molar-refractivity contribution in [3.8, 4) is 0 Å². The maximum absolute atomic E-state index is 6.86. The first-order valence-corrected chi connectivity index (χ1v) is 12.1. The van der Waals surface area contributed by atoms with E-state index in [0.29, 0.717) is 6.04 Å². The fourth-order valence-corrected chi connectivity index (χ4v) is 5.29. The first kappa shape index (κ1) is 22.8. The molecule has 0 radical (unpaired) electrons. The SMILES string of the molecule is CC(C)OC1(N)C=CC(c2ccn3nc(N)nc3c2)=CC1CN1C=C(C2CCCN2C)C=CC1. The number of pyridine rings is 1. The third-order valence-corrected chi connectivity index (χ3v) is 6.93. The number of anilines is 1. The van der Waals surface area contributed by atoms with Crippen LogP contribution < -0.4 is 11.5 Å². The fraction of sp³-hybridized carbons (Fsp3) is 0.462. The Bertz CT molecular complexity index is 1180. The summed E-state index contributed by atoms with van der Waals surface area (Å²) < 4.78 is 7.95. The van der Waals surface area contributed by atoms with Crippen LogP contribution in [0.15, 0.2) is 60.5 Å². The van der Waals surface area contributed by atoms with Gasteiger partial charge in [-0.15, -0.1) is 5.10 Å². The Balaban J connectivity index is 1.43. The molecule has 0 amide bonds. The average Bonchev–Trinajstić information content (AvgIpc) is 3.38. The van der Waals surface area contributed by atoms with Crippen molar-refractivity contribution in [1.82, 2.24) is 24.4 Å². The van der Waals surface area contributed by atoms with Crippen LogP contribution in [0.1, 0.15) is 32.3 Å². The number of likely N-dealkylation sites (N-methyl/N-ethyl adjacent to an activating group) is 1. The minimum Gasteiger partial charge on any atom is -0.373 e. The normalized spacial score (nSPS) is 27.6. The van der Waals surface area contributed by atoms with Gasteiger partial charge in [-0.1, -0.05) is 24.3 Å². The first-order chi connectivity index (χ1) is 16.3. The second-order valence-corrected chi connectivity index (χ2v) is 9.89. The van der Waals surface area contributed by atoms with Crippen LogP contribution in [-0.4, -0.2) is 69.0 Å². The Morgan fingerprint density at radius 3 is 2.91 bits per heavy atom. The quantitative estimate of drug-likeness (QED) is 0.639. The van der Waals surface area contributed by atoms with E-state index in [9.17, 15) is 0 Å². The van der Waals surface area contributed by atoms with E-state index in [2.05, 4.69) is 57.4 Å². The number of allylic oxidation sites excluding steroid dienone is 2. The van der Waals surface area contributed by atoms with Crippen molar-refractivity contribution in [3.05, 3.63) is 66.0 Å². The predicted molar refractivity (Wildman–Crippen MR) is 136 cm³/mol. The molecular weight excluding hydrogens is 426 g/mol. The Labute approximate surface area is 201 Å². The zero-order valence-corrected chi connectivity index (χ0v) is 20.3. The highest BCUT2D eigenvalue weighted by Gasteiger charge is 2.37. The van der Waals surface area contributed by atoms with E-state index in [1.54, 1.807) is 4.52 Å². The lowest BCUT2D eigenvalue weighted by Gasteiger charge is -2.40. The van der Waals surface area contributed by atoms with Crippen LogP contribution in [0.3, 0.4) is 0 Å². The lowest BCUT2D eigenvalue weighted by molar-refractivity contribution is -0.0728. The fourth-order valence-electron chi connectivity index (χ4n) is 5.29. The molecule has 3 unspecified atom stereocenters. The molecule has 4 N–H and O–H groups in total. The zero-order chi connectivity index (χ0) is 23.9. The minimum absolute atomic E-state index is 0.0157. The molecule has 8 heteroatoms. The highest BCUT2D eigenvalue weighted by Crippen LogP contribution is 2.34. The molecule has 1 saturated heterocycles. The van der Waals surface area contributed by atoms with Crippen molar-refractivity contribution in [1.29, 1.82) is 0 Å². The molecule has 3 aliphatic rings. The van der Waals surface area contributed by atoms with E-state index < -0.39 is 5.72 Å². The van der Waals surface area contributed by atoms with E-state index in [0.717, 1.165) is 36.4 Å². The topological polar surface area (TPSA) is 97.9 Å². The summed E-state index contributed by atoms with van der Waals surface area (Å²) in [4.78, 5) is 9.12. The summed E-state index contributed by atoms with van der Waals surface area (Å²) in [6, 6.07) is 4.52. The first-order valence-electron chi connectivity index (χ1n) is 12.1. The summed E-state index contributed by atoms with van der Waals surface area (Å²) >= 11 is 0. The van der Waals surface area contributed by atoms with E-state index in [1.807, 2.05) is 38.3 Å². The second kappa shape index (κ2) is 9.02. The molecule has 34 heavy (non-hydrogen) atoms. The third kappa shape index (κ3) is 4.53. The molecular formula is C26H35N7O. The lowest BCUT2D eigenvalue weighted by atomic mass is 9.85. The highest BCUT2D eigenvalue weighted by molar-refractivity contribution is 5.77. The standard InChI is InChI=1S/C26H35N7O/c1-18(2)34-26(28)10-8-19(20-9-13-33-24(15-20)29-25(27)30-33)14-22(26)17-32-12-4-6-21(16-32)23-7-5-11-31(23)3/h4,6,8-10,13-16,18,22-23H,5,7,11-12,17,28H2,1-3H3,(H2,27,30). The average molecular weight is 462 g/mol. The van der Waals surface area contributed by atoms with Gasteiger partial charge < -0.3 is 15.4 Å². The van der Waals surface area contributed by atoms with Crippen LogP contribution in [0.5, 0.6) is 0 Å². The number of nitrogen functional groups attached to an aromatic ring is 1. The van der Waals surface area contributed by atoms with Crippen LogP contribution in [-0.2, 0) is 4.74 Å². The summed E-state index contributed by atoms with van der Waals surface area (Å²) in [6.07, 6.45) is 17.5. The van der Waals surface area contributed by atoms with Gasteiger partial charge in [-0.05, 0) is 75.2 Å². The van der Waals surface area contributed by atoms with Crippen LogP contribution >= 0.6 is 0 Å². The molecule has 2 aromatic heterocycles. The predicted octanol–water partition coefficient (Wildman–Crippen LogP) is 2.81. The molecule has 5 rings (SSSR count). The van der Waals surface area contributed by atoms with Crippen molar-refractivity contribution in [2.45, 2.75) is 44.6 Å². The minimum atomic E-state index is -0.875. The molecule has 180 valence electrons. The van der Waals surface area contributed by atoms with Crippen molar-refractivity contribution < 1.29 is 4.74 Å². The van der Waals surface area contributed by atoms with Gasteiger partial charge in [-0.2, -0.15) is 4.98 Å². The van der Waals surface area contributed by atoms with Crippen molar-refractivity contribution in [2.75, 3.05) is 32.4 Å². The maximum Gasteiger partial charge on any atom is 0.240 e. The molecule has 0 aromatic carbocycles. The molecule has 0 saturated carbocycles. The van der Waals surface area contributed by atoms with E-state index in [-0.39, 0.29) is 18.0 Å². The van der Waals surface area contributed by atoms with Crippen LogP contribution in [0, 0.1) is 5.92 Å². The molecule has 0 spiro atoms. The summed E-state index contributed by atoms with van der Waals surface area (Å²) in [6.45, 7) is 6.85. The van der Waals surface area contributed by atoms with Gasteiger partial charge in [-0.25, -0.2) is 4.52 Å². The summed E-state index contributed by atoms with van der Waals surface area (Å²) in [5.41, 5.74) is 16.0. The Morgan fingerprint density at radius 1 is 1.29 bits per heavy atom. The molecule has 2 aromatic rings. The molecule has 1 aliphatic carbocycles. The van der Waals surface area contributed by atoms with Gasteiger partial charge >= 0.3 is 0 Å². The smallest absolute Gasteiger partial charge is 0.240 e. The number of hydrogen-bond acceptors (Lipinski definition) is 7. The molecule has 8 nitrogen and oxygen atoms in total. The molecule has 1 fully saturated rings. The Hall–Kier alpha value is -2.94. The molecule has 2 aliphatic heterocycles. The van der Waals surface area contributed by atoms with Gasteiger partial charge in [0.1, 0.15) is 5.72 Å². The molecule has 0 bridgehead atoms. The summed E-state index contributed by atoms with van der Waals surface area (Å²) in [7, 11) is 2.22. The monoisotopic (exact) mass is 461 g/mol. The van der Waals surface area contributed by atoms with Crippen LogP contribution in [0.25, 0.3) is 11.2 Å². The molecule has 4 heterocycles. The van der Waals surface area contributed by atoms with Crippen molar-refractivity contribution >= 4 is 17.2 Å². The number of likely N-dealkylation sites (tertiary alicyclic amines) is 1. The van der Waals surface area contributed by atoms with E-state index >= 15 is 0 Å². The van der Waals surface area contributed by atoms with Gasteiger partial charge in [0.25, 0.3) is 0 Å². The number of fused-ring (bicyclic) bond motifs is 1. The number of rotatable bonds is 6. The van der Waals surface area contributed by atoms with Crippen LogP contribution in [0.2, 0.25) is 0 Å². The summed E-state index contributed by atoms with van der Waals surface area (Å²) in [5.74, 6) is 0.238. The van der Waals surface area contributed by atoms with Gasteiger partial charge in [0, 0.05) is 37.4 Å². The number of aromatic nitrogens is 3. The Kier molecular flexibility index (Phi) is 6.06. The highest BCUT2D eigenvalue weighted by atomic mass is 16.5. The number of nitrogens with two attached hydrogens (primary N) is 2. The zero-order valence-electron chi connectivity index (χ0n) is 20.3. The largest absolute Gasteiger partial charge is 0.373 e. The number of hydrogen-bond donors (Lipinski definition) is 2. The second-order valence-electron chi connectivity index (χ2n) is 9.89. The lowest BCUT2D eigenvalue weighted by Crippen LogP contribution is -2.53.